The number of hydrogen-bond donors (Lipinski definition) is 0. The number of rotatable bonds is 7. The van der Waals surface area contributed by atoms with Crippen LogP contribution in [0.15, 0.2) is 60.7 Å². The van der Waals surface area contributed by atoms with Gasteiger partial charge in [-0.15, -0.1) is 0 Å². The highest BCUT2D eigenvalue weighted by molar-refractivity contribution is 6.49. The van der Waals surface area contributed by atoms with E-state index in [1.807, 2.05) is 0 Å². The summed E-state index contributed by atoms with van der Waals surface area (Å²) in [6, 6.07) is 12.6. The summed E-state index contributed by atoms with van der Waals surface area (Å²) in [4.78, 5) is 47.8. The molecule has 0 fully saturated rings. The number of carbonyl (C=O) groups excluding carboxylic acids is 4. The molecule has 0 aromatic heterocycles. The van der Waals surface area contributed by atoms with Gasteiger partial charge in [-0.25, -0.2) is 9.59 Å². The van der Waals surface area contributed by atoms with Crippen molar-refractivity contribution in [3.63, 3.8) is 0 Å². The Hall–Kier alpha value is -3.80. The first kappa shape index (κ1) is 23.5. The van der Waals surface area contributed by atoms with Gasteiger partial charge in [0.15, 0.2) is 0 Å². The molecule has 2 aromatic rings. The number of hydrogen-bond acceptors (Lipinski definition) is 6. The van der Waals surface area contributed by atoms with Crippen molar-refractivity contribution < 1.29 is 28.7 Å². The molecule has 0 atom stereocenters. The van der Waals surface area contributed by atoms with Gasteiger partial charge < -0.3 is 9.47 Å². The molecular formula is C25H24O6. The lowest BCUT2D eigenvalue weighted by molar-refractivity contribution is -0.148. The molecular weight excluding hydrogens is 396 g/mol. The summed E-state index contributed by atoms with van der Waals surface area (Å²) < 4.78 is 9.71. The molecule has 0 N–H and O–H groups in total. The predicted molar refractivity (Wildman–Crippen MR) is 117 cm³/mol. The second-order valence-corrected chi connectivity index (χ2v) is 7.63. The Kier molecular flexibility index (Phi) is 7.80. The van der Waals surface area contributed by atoms with Crippen LogP contribution in [0.4, 0.5) is 0 Å². The third-order valence-electron chi connectivity index (χ3n) is 3.98. The van der Waals surface area contributed by atoms with E-state index < -0.39 is 29.1 Å². The van der Waals surface area contributed by atoms with Crippen molar-refractivity contribution in [1.29, 1.82) is 0 Å². The largest absolute Gasteiger partial charge is 0.466 e. The topological polar surface area (TPSA) is 86.7 Å². The SMILES string of the molecule is COC(=O)/C=C/c1ccc(C(=O)C(=O)c2ccc(/C=C/C(=O)OC(C)(C)C)cc2)cc1. The van der Waals surface area contributed by atoms with E-state index in [2.05, 4.69) is 4.74 Å². The van der Waals surface area contributed by atoms with Crippen LogP contribution in [0.1, 0.15) is 52.6 Å². The van der Waals surface area contributed by atoms with E-state index in [9.17, 15) is 19.2 Å². The molecule has 0 amide bonds. The Bertz CT molecular complexity index is 1020. The molecule has 0 radical (unpaired) electrons. The van der Waals surface area contributed by atoms with Crippen LogP contribution >= 0.6 is 0 Å². The number of benzene rings is 2. The van der Waals surface area contributed by atoms with Gasteiger partial charge >= 0.3 is 11.9 Å². The summed E-state index contributed by atoms with van der Waals surface area (Å²) in [5.41, 5.74) is 1.30. The van der Waals surface area contributed by atoms with Crippen LogP contribution in [0.5, 0.6) is 0 Å². The number of ketones is 2. The van der Waals surface area contributed by atoms with Crippen molar-refractivity contribution in [2.75, 3.05) is 7.11 Å². The van der Waals surface area contributed by atoms with Crippen LogP contribution in [0.2, 0.25) is 0 Å². The quantitative estimate of drug-likeness (QED) is 0.287. The van der Waals surface area contributed by atoms with Gasteiger partial charge in [0, 0.05) is 23.3 Å². The molecule has 2 aromatic carbocycles. The molecule has 0 heterocycles. The summed E-state index contributed by atoms with van der Waals surface area (Å²) in [6.45, 7) is 5.34. The van der Waals surface area contributed by atoms with Gasteiger partial charge in [-0.05, 0) is 44.1 Å². The normalized spacial score (nSPS) is 11.5. The van der Waals surface area contributed by atoms with Crippen molar-refractivity contribution in [3.8, 4) is 0 Å². The maximum Gasteiger partial charge on any atom is 0.331 e. The first-order valence-electron chi connectivity index (χ1n) is 9.55. The summed E-state index contributed by atoms with van der Waals surface area (Å²) >= 11 is 0. The molecule has 0 saturated carbocycles. The van der Waals surface area contributed by atoms with Gasteiger partial charge in [0.25, 0.3) is 0 Å². The van der Waals surface area contributed by atoms with Gasteiger partial charge in [0.2, 0.25) is 11.6 Å². The second-order valence-electron chi connectivity index (χ2n) is 7.63. The third kappa shape index (κ3) is 7.51. The lowest BCUT2D eigenvalue weighted by Crippen LogP contribution is -2.22. The van der Waals surface area contributed by atoms with Crippen molar-refractivity contribution in [3.05, 3.63) is 82.9 Å². The van der Waals surface area contributed by atoms with Gasteiger partial charge in [-0.3, -0.25) is 9.59 Å². The Morgan fingerprint density at radius 2 is 1.06 bits per heavy atom. The van der Waals surface area contributed by atoms with E-state index in [0.717, 1.165) is 0 Å². The average Bonchev–Trinajstić information content (AvgIpc) is 2.74. The van der Waals surface area contributed by atoms with Gasteiger partial charge in [0.1, 0.15) is 5.60 Å². The van der Waals surface area contributed by atoms with Crippen LogP contribution in [-0.4, -0.2) is 36.2 Å². The highest BCUT2D eigenvalue weighted by atomic mass is 16.6. The number of ether oxygens (including phenoxy) is 2. The first-order chi connectivity index (χ1) is 14.6. The van der Waals surface area contributed by atoms with E-state index in [-0.39, 0.29) is 11.1 Å². The molecule has 2 rings (SSSR count). The lowest BCUT2D eigenvalue weighted by atomic mass is 9.99. The monoisotopic (exact) mass is 420 g/mol. The summed E-state index contributed by atoms with van der Waals surface area (Å²) in [6.07, 6.45) is 5.69. The zero-order valence-corrected chi connectivity index (χ0v) is 17.9. The zero-order valence-electron chi connectivity index (χ0n) is 17.9. The maximum atomic E-state index is 12.5. The molecule has 0 bridgehead atoms. The van der Waals surface area contributed by atoms with Crippen molar-refractivity contribution in [2.45, 2.75) is 26.4 Å². The molecule has 160 valence electrons. The minimum atomic E-state index is -0.638. The molecule has 0 saturated heterocycles. The van der Waals surface area contributed by atoms with Crippen LogP contribution < -0.4 is 0 Å². The summed E-state index contributed by atoms with van der Waals surface area (Å²) in [7, 11) is 1.28. The fourth-order valence-electron chi connectivity index (χ4n) is 2.49. The molecule has 0 aliphatic rings. The first-order valence-corrected chi connectivity index (χ1v) is 9.55. The highest BCUT2D eigenvalue weighted by Gasteiger charge is 2.18. The van der Waals surface area contributed by atoms with E-state index in [1.165, 1.54) is 43.5 Å². The molecule has 0 aliphatic heterocycles. The minimum absolute atomic E-state index is 0.245. The zero-order chi connectivity index (χ0) is 23.0. The number of esters is 2. The van der Waals surface area contributed by atoms with Crippen LogP contribution in [-0.2, 0) is 19.1 Å². The Morgan fingerprint density at radius 3 is 1.42 bits per heavy atom. The summed E-state index contributed by atoms with van der Waals surface area (Å²) in [5, 5.41) is 0. The van der Waals surface area contributed by atoms with Crippen LogP contribution in [0.25, 0.3) is 12.2 Å². The van der Waals surface area contributed by atoms with E-state index in [4.69, 9.17) is 4.74 Å². The molecule has 31 heavy (non-hydrogen) atoms. The molecule has 0 spiro atoms. The van der Waals surface area contributed by atoms with E-state index >= 15 is 0 Å². The van der Waals surface area contributed by atoms with Crippen molar-refractivity contribution in [2.24, 2.45) is 0 Å². The second kappa shape index (κ2) is 10.3. The van der Waals surface area contributed by atoms with Crippen molar-refractivity contribution in [1.82, 2.24) is 0 Å². The average molecular weight is 420 g/mol. The highest BCUT2D eigenvalue weighted by Crippen LogP contribution is 2.13. The molecule has 6 nitrogen and oxygen atoms in total. The number of carbonyl (C=O) groups is 4. The molecule has 6 heteroatoms. The maximum absolute atomic E-state index is 12.5. The van der Waals surface area contributed by atoms with Crippen molar-refractivity contribution >= 4 is 35.7 Å². The van der Waals surface area contributed by atoms with Gasteiger partial charge in [0.05, 0.1) is 7.11 Å². The van der Waals surface area contributed by atoms with Crippen LogP contribution in [0.3, 0.4) is 0 Å². The van der Waals surface area contributed by atoms with E-state index in [1.54, 1.807) is 57.2 Å². The molecule has 0 unspecified atom stereocenters. The number of Topliss-reactive ketones (excluding diaryl/α,β-unsaturated/α-hetero) is 2. The fraction of sp³-hybridized carbons (Fsp3) is 0.200. The number of methoxy groups -OCH3 is 1. The third-order valence-corrected chi connectivity index (χ3v) is 3.98. The minimum Gasteiger partial charge on any atom is -0.466 e. The predicted octanol–water partition coefficient (Wildman–Crippen LogP) is 4.29. The van der Waals surface area contributed by atoms with Crippen LogP contribution in [0, 0.1) is 0 Å². The Balaban J connectivity index is 2.04. The Labute approximate surface area is 181 Å². The smallest absolute Gasteiger partial charge is 0.331 e. The van der Waals surface area contributed by atoms with Gasteiger partial charge in [-0.1, -0.05) is 48.5 Å². The lowest BCUT2D eigenvalue weighted by Gasteiger charge is -2.17. The fourth-order valence-corrected chi connectivity index (χ4v) is 2.49. The summed E-state index contributed by atoms with van der Waals surface area (Å²) in [5.74, 6) is -2.23. The van der Waals surface area contributed by atoms with E-state index in [0.29, 0.717) is 11.1 Å². The standard InChI is InChI=1S/C25H24O6/c1-25(2,3)31-22(27)16-10-18-7-13-20(14-8-18)24(29)23(28)19-11-5-17(6-12-19)9-15-21(26)30-4/h5-16H,1-4H3/b15-9+,16-10+. The Morgan fingerprint density at radius 1 is 0.677 bits per heavy atom. The molecule has 0 aliphatic carbocycles. The van der Waals surface area contributed by atoms with Gasteiger partial charge in [-0.2, -0.15) is 0 Å².